The van der Waals surface area contributed by atoms with E-state index in [2.05, 4.69) is 27.1 Å². The minimum atomic E-state index is -0.663. The number of carbonyl (C=O) groups is 1. The van der Waals surface area contributed by atoms with Crippen molar-refractivity contribution in [3.63, 3.8) is 0 Å². The van der Waals surface area contributed by atoms with E-state index in [-0.39, 0.29) is 5.78 Å². The van der Waals surface area contributed by atoms with Gasteiger partial charge < -0.3 is 5.73 Å². The minimum Gasteiger partial charge on any atom is -0.384 e. The zero-order valence-electron chi connectivity index (χ0n) is 18.4. The summed E-state index contributed by atoms with van der Waals surface area (Å²) in [4.78, 5) is 15.2. The Bertz CT molecular complexity index is 1400. The molecular formula is C26H21BrClN5O. The Morgan fingerprint density at radius 2 is 1.82 bits per heavy atom. The quantitative estimate of drug-likeness (QED) is 0.452. The van der Waals surface area contributed by atoms with Crippen LogP contribution in [0.5, 0.6) is 0 Å². The summed E-state index contributed by atoms with van der Waals surface area (Å²) in [5.74, 6) is -0.341. The lowest BCUT2D eigenvalue weighted by Gasteiger charge is -2.39. The fourth-order valence-electron chi connectivity index (χ4n) is 4.84. The molecule has 1 aliphatic carbocycles. The topological polar surface area (TPSA) is 87.9 Å². The normalized spacial score (nSPS) is 18.2. The van der Waals surface area contributed by atoms with Crippen molar-refractivity contribution in [1.29, 1.82) is 5.26 Å². The first-order valence-corrected chi connectivity index (χ1v) is 12.1. The second-order valence-electron chi connectivity index (χ2n) is 8.33. The van der Waals surface area contributed by atoms with Crippen molar-refractivity contribution in [2.24, 2.45) is 5.73 Å². The van der Waals surface area contributed by atoms with E-state index < -0.39 is 5.92 Å². The highest BCUT2D eigenvalue weighted by atomic mass is 79.9. The molecule has 0 saturated carbocycles. The molecule has 0 saturated heterocycles. The molecule has 5 rings (SSSR count). The molecule has 1 aromatic heterocycles. The largest absolute Gasteiger partial charge is 0.384 e. The van der Waals surface area contributed by atoms with Gasteiger partial charge in [-0.05, 0) is 56.2 Å². The molecule has 0 bridgehead atoms. The second kappa shape index (κ2) is 8.79. The molecular weight excluding hydrogens is 514 g/mol. The van der Waals surface area contributed by atoms with Gasteiger partial charge in [0.15, 0.2) is 5.78 Å². The summed E-state index contributed by atoms with van der Waals surface area (Å²) in [6.45, 7) is 1.85. The molecule has 1 aliphatic heterocycles. The number of Topliss-reactive ketones (excluding diaryl/α,β-unsaturated/α-hetero) is 1. The number of nitrogens with zero attached hydrogens (tertiary/aromatic N) is 4. The SMILES string of the molecule is Cc1nn(-c2ccccc2)c(Cl)c1C1C(C#N)=C(N)N(c2ccc(Br)cc2)C2=C1C(=O)CCC2. The first kappa shape index (κ1) is 22.5. The first-order chi connectivity index (χ1) is 16.4. The summed E-state index contributed by atoms with van der Waals surface area (Å²) in [5, 5.41) is 15.3. The molecule has 8 heteroatoms. The zero-order valence-corrected chi connectivity index (χ0v) is 20.8. The lowest BCUT2D eigenvalue weighted by Crippen LogP contribution is -2.38. The fraction of sp³-hybridized carbons (Fsp3) is 0.192. The van der Waals surface area contributed by atoms with E-state index in [0.717, 1.165) is 28.0 Å². The van der Waals surface area contributed by atoms with Gasteiger partial charge in [0.05, 0.1) is 28.9 Å². The fourth-order valence-corrected chi connectivity index (χ4v) is 5.49. The number of carbonyl (C=O) groups excluding carboxylic acids is 1. The lowest BCUT2D eigenvalue weighted by atomic mass is 9.75. The molecule has 2 N–H and O–H groups in total. The van der Waals surface area contributed by atoms with Crippen LogP contribution in [-0.4, -0.2) is 15.6 Å². The molecule has 170 valence electrons. The maximum atomic E-state index is 13.4. The zero-order chi connectivity index (χ0) is 24.0. The summed E-state index contributed by atoms with van der Waals surface area (Å²) in [6, 6.07) is 19.5. The molecule has 2 aliphatic rings. The van der Waals surface area contributed by atoms with Gasteiger partial charge in [-0.15, -0.1) is 0 Å². The van der Waals surface area contributed by atoms with Gasteiger partial charge in [-0.25, -0.2) is 4.68 Å². The molecule has 0 radical (unpaired) electrons. The van der Waals surface area contributed by atoms with Crippen molar-refractivity contribution >= 4 is 39.0 Å². The second-order valence-corrected chi connectivity index (χ2v) is 9.60. The summed E-state index contributed by atoms with van der Waals surface area (Å²) in [6.07, 6.45) is 1.82. The van der Waals surface area contributed by atoms with Gasteiger partial charge in [0, 0.05) is 33.4 Å². The van der Waals surface area contributed by atoms with E-state index in [1.165, 1.54) is 0 Å². The standard InChI is InChI=1S/C26H21BrClN5O/c1-15-22(25(28)33(31-15)18-6-3-2-4-7-18)23-19(14-29)26(30)32(17-12-10-16(27)11-13-17)20-8-5-9-21(34)24(20)23/h2-4,6-7,10-13,23H,5,8-9,30H2,1H3. The Kier molecular flexibility index (Phi) is 5.80. The average molecular weight is 535 g/mol. The number of aryl methyl sites for hydroxylation is 1. The molecule has 2 aromatic carbocycles. The number of para-hydroxylation sites is 1. The highest BCUT2D eigenvalue weighted by Crippen LogP contribution is 2.48. The van der Waals surface area contributed by atoms with E-state index in [4.69, 9.17) is 17.3 Å². The number of rotatable bonds is 3. The van der Waals surface area contributed by atoms with Crippen LogP contribution in [0.4, 0.5) is 5.69 Å². The highest BCUT2D eigenvalue weighted by Gasteiger charge is 2.42. The van der Waals surface area contributed by atoms with Crippen LogP contribution in [0.2, 0.25) is 5.15 Å². The van der Waals surface area contributed by atoms with E-state index in [9.17, 15) is 10.1 Å². The molecule has 34 heavy (non-hydrogen) atoms. The van der Waals surface area contributed by atoms with Crippen LogP contribution < -0.4 is 10.6 Å². The van der Waals surface area contributed by atoms with E-state index in [1.54, 1.807) is 4.68 Å². The van der Waals surface area contributed by atoms with Crippen LogP contribution in [-0.2, 0) is 4.79 Å². The summed E-state index contributed by atoms with van der Waals surface area (Å²) in [5.41, 5.74) is 11.3. The Labute approximate surface area is 211 Å². The molecule has 6 nitrogen and oxygen atoms in total. The van der Waals surface area contributed by atoms with Crippen LogP contribution in [0, 0.1) is 18.3 Å². The van der Waals surface area contributed by atoms with Crippen LogP contribution in [0.25, 0.3) is 5.69 Å². The van der Waals surface area contributed by atoms with Crippen LogP contribution in [0.3, 0.4) is 0 Å². The number of hydrogen-bond acceptors (Lipinski definition) is 5. The molecule has 0 fully saturated rings. The molecule has 0 amide bonds. The van der Waals surface area contributed by atoms with Crippen molar-refractivity contribution in [2.75, 3.05) is 4.90 Å². The maximum absolute atomic E-state index is 13.4. The third-order valence-corrected chi connectivity index (χ3v) is 7.23. The number of halogens is 2. The summed E-state index contributed by atoms with van der Waals surface area (Å²) >= 11 is 10.4. The van der Waals surface area contributed by atoms with E-state index in [1.807, 2.05) is 66.4 Å². The van der Waals surface area contributed by atoms with Crippen molar-refractivity contribution in [2.45, 2.75) is 32.1 Å². The third-order valence-electron chi connectivity index (χ3n) is 6.34. The number of anilines is 1. The number of ketones is 1. The number of nitrogens with two attached hydrogens (primary N) is 1. The Morgan fingerprint density at radius 1 is 1.12 bits per heavy atom. The van der Waals surface area contributed by atoms with Gasteiger partial charge in [-0.1, -0.05) is 45.7 Å². The van der Waals surface area contributed by atoms with Gasteiger partial charge in [0.25, 0.3) is 0 Å². The van der Waals surface area contributed by atoms with Gasteiger partial charge in [-0.3, -0.25) is 9.69 Å². The molecule has 1 atom stereocenters. The predicted molar refractivity (Wildman–Crippen MR) is 135 cm³/mol. The molecule has 2 heterocycles. The smallest absolute Gasteiger partial charge is 0.161 e. The van der Waals surface area contributed by atoms with E-state index >= 15 is 0 Å². The summed E-state index contributed by atoms with van der Waals surface area (Å²) in [7, 11) is 0. The van der Waals surface area contributed by atoms with Crippen molar-refractivity contribution in [1.82, 2.24) is 9.78 Å². The number of allylic oxidation sites excluding steroid dienone is 3. The predicted octanol–water partition coefficient (Wildman–Crippen LogP) is 5.90. The van der Waals surface area contributed by atoms with Gasteiger partial charge >= 0.3 is 0 Å². The number of hydrogen-bond donors (Lipinski definition) is 1. The molecule has 1 unspecified atom stereocenters. The number of benzene rings is 2. The van der Waals surface area contributed by atoms with Crippen LogP contribution >= 0.6 is 27.5 Å². The summed E-state index contributed by atoms with van der Waals surface area (Å²) < 4.78 is 2.57. The van der Waals surface area contributed by atoms with Gasteiger partial charge in [0.2, 0.25) is 0 Å². The molecule has 0 spiro atoms. The Morgan fingerprint density at radius 3 is 2.50 bits per heavy atom. The van der Waals surface area contributed by atoms with Crippen LogP contribution in [0.15, 0.2) is 81.7 Å². The Balaban J connectivity index is 1.75. The number of aromatic nitrogens is 2. The van der Waals surface area contributed by atoms with Gasteiger partial charge in [-0.2, -0.15) is 10.4 Å². The lowest BCUT2D eigenvalue weighted by molar-refractivity contribution is -0.116. The number of nitriles is 1. The minimum absolute atomic E-state index is 0.0107. The van der Waals surface area contributed by atoms with Crippen molar-refractivity contribution in [3.05, 3.63) is 98.1 Å². The van der Waals surface area contributed by atoms with Crippen molar-refractivity contribution < 1.29 is 4.79 Å². The van der Waals surface area contributed by atoms with Crippen LogP contribution in [0.1, 0.15) is 36.4 Å². The van der Waals surface area contributed by atoms with E-state index in [0.29, 0.717) is 46.2 Å². The average Bonchev–Trinajstić information content (AvgIpc) is 3.13. The first-order valence-electron chi connectivity index (χ1n) is 10.9. The molecule has 3 aromatic rings. The Hall–Kier alpha value is -3.34. The maximum Gasteiger partial charge on any atom is 0.161 e. The third kappa shape index (κ3) is 3.54. The highest BCUT2D eigenvalue weighted by molar-refractivity contribution is 9.10. The van der Waals surface area contributed by atoms with Crippen molar-refractivity contribution in [3.8, 4) is 11.8 Å². The monoisotopic (exact) mass is 533 g/mol. The van der Waals surface area contributed by atoms with Gasteiger partial charge in [0.1, 0.15) is 11.0 Å².